The van der Waals surface area contributed by atoms with E-state index in [9.17, 15) is 4.79 Å². The highest BCUT2D eigenvalue weighted by molar-refractivity contribution is 5.78. The molecule has 0 unspecified atom stereocenters. The predicted octanol–water partition coefficient (Wildman–Crippen LogP) is 1.60. The lowest BCUT2D eigenvalue weighted by molar-refractivity contribution is -0.144. The van der Waals surface area contributed by atoms with Gasteiger partial charge in [-0.15, -0.1) is 0 Å². The number of hydrogen-bond donors (Lipinski definition) is 0. The standard InChI is InChI=1S/C11H12N2O2/c1-2-15-11(14)8-13-7-9-5-3-4-6-10(9)12-13/h3-7H,2,8H2,1H3. The van der Waals surface area contributed by atoms with E-state index in [2.05, 4.69) is 5.10 Å². The van der Waals surface area contributed by atoms with Crippen molar-refractivity contribution >= 4 is 16.9 Å². The van der Waals surface area contributed by atoms with Gasteiger partial charge in [-0.1, -0.05) is 18.2 Å². The van der Waals surface area contributed by atoms with Crippen LogP contribution in [0.4, 0.5) is 0 Å². The maximum absolute atomic E-state index is 11.2. The van der Waals surface area contributed by atoms with Gasteiger partial charge in [-0.25, -0.2) is 0 Å². The number of aromatic nitrogens is 2. The first-order chi connectivity index (χ1) is 7.29. The monoisotopic (exact) mass is 204 g/mol. The van der Waals surface area contributed by atoms with Crippen molar-refractivity contribution in [1.29, 1.82) is 0 Å². The first-order valence-corrected chi connectivity index (χ1v) is 4.87. The Bertz CT molecular complexity index is 443. The van der Waals surface area contributed by atoms with E-state index in [1.165, 1.54) is 0 Å². The number of benzene rings is 1. The Morgan fingerprint density at radius 2 is 2.27 bits per heavy atom. The Labute approximate surface area is 87.5 Å². The van der Waals surface area contributed by atoms with Crippen molar-refractivity contribution in [1.82, 2.24) is 9.78 Å². The number of esters is 1. The van der Waals surface area contributed by atoms with E-state index in [0.29, 0.717) is 6.61 Å². The summed E-state index contributed by atoms with van der Waals surface area (Å²) >= 11 is 0. The van der Waals surface area contributed by atoms with Crippen LogP contribution in [-0.4, -0.2) is 22.4 Å². The van der Waals surface area contributed by atoms with Crippen molar-refractivity contribution in [3.63, 3.8) is 0 Å². The molecule has 0 aliphatic heterocycles. The molecular weight excluding hydrogens is 192 g/mol. The second-order valence-corrected chi connectivity index (χ2v) is 3.19. The van der Waals surface area contributed by atoms with Crippen LogP contribution in [0.2, 0.25) is 0 Å². The molecule has 15 heavy (non-hydrogen) atoms. The molecule has 1 heterocycles. The third-order valence-corrected chi connectivity index (χ3v) is 2.06. The van der Waals surface area contributed by atoms with E-state index < -0.39 is 0 Å². The number of carbonyl (C=O) groups excluding carboxylic acids is 1. The summed E-state index contributed by atoms with van der Waals surface area (Å²) in [7, 11) is 0. The van der Waals surface area contributed by atoms with E-state index in [1.54, 1.807) is 11.6 Å². The molecule has 0 amide bonds. The lowest BCUT2D eigenvalue weighted by atomic mass is 10.3. The van der Waals surface area contributed by atoms with Gasteiger partial charge in [0, 0.05) is 11.6 Å². The van der Waals surface area contributed by atoms with Crippen molar-refractivity contribution in [2.75, 3.05) is 6.61 Å². The third-order valence-electron chi connectivity index (χ3n) is 2.06. The normalized spacial score (nSPS) is 10.5. The van der Waals surface area contributed by atoms with Crippen LogP contribution < -0.4 is 0 Å². The average molecular weight is 204 g/mol. The van der Waals surface area contributed by atoms with Gasteiger partial charge in [-0.3, -0.25) is 9.48 Å². The molecule has 0 aliphatic rings. The minimum absolute atomic E-state index is 0.169. The summed E-state index contributed by atoms with van der Waals surface area (Å²) in [4.78, 5) is 11.2. The second kappa shape index (κ2) is 4.13. The van der Waals surface area contributed by atoms with Crippen LogP contribution in [0.5, 0.6) is 0 Å². The van der Waals surface area contributed by atoms with Crippen LogP contribution in [-0.2, 0) is 16.1 Å². The summed E-state index contributed by atoms with van der Waals surface area (Å²) in [5, 5.41) is 5.28. The zero-order chi connectivity index (χ0) is 10.7. The Morgan fingerprint density at radius 3 is 3.00 bits per heavy atom. The van der Waals surface area contributed by atoms with Gasteiger partial charge in [0.2, 0.25) is 0 Å². The average Bonchev–Trinajstić information content (AvgIpc) is 2.59. The number of ether oxygens (including phenoxy) is 1. The molecular formula is C11H12N2O2. The summed E-state index contributed by atoms with van der Waals surface area (Å²) in [6.07, 6.45) is 1.84. The van der Waals surface area contributed by atoms with E-state index >= 15 is 0 Å². The van der Waals surface area contributed by atoms with Crippen molar-refractivity contribution in [3.8, 4) is 0 Å². The molecule has 0 spiro atoms. The fourth-order valence-corrected chi connectivity index (χ4v) is 1.44. The van der Waals surface area contributed by atoms with Crippen LogP contribution in [0.25, 0.3) is 10.9 Å². The number of nitrogens with zero attached hydrogens (tertiary/aromatic N) is 2. The molecule has 78 valence electrons. The van der Waals surface area contributed by atoms with Gasteiger partial charge in [0.25, 0.3) is 0 Å². The smallest absolute Gasteiger partial charge is 0.327 e. The molecule has 2 aromatic rings. The van der Waals surface area contributed by atoms with Gasteiger partial charge in [-0.2, -0.15) is 5.10 Å². The Kier molecular flexibility index (Phi) is 2.67. The summed E-state index contributed by atoms with van der Waals surface area (Å²) in [5.74, 6) is -0.259. The molecule has 0 aliphatic carbocycles. The Morgan fingerprint density at radius 1 is 1.47 bits per heavy atom. The SMILES string of the molecule is CCOC(=O)Cn1cc2ccccc2n1. The van der Waals surface area contributed by atoms with Crippen molar-refractivity contribution in [3.05, 3.63) is 30.5 Å². The molecule has 0 fully saturated rings. The van der Waals surface area contributed by atoms with Gasteiger partial charge in [0.1, 0.15) is 6.54 Å². The van der Waals surface area contributed by atoms with Crippen molar-refractivity contribution < 1.29 is 9.53 Å². The van der Waals surface area contributed by atoms with Crippen LogP contribution in [0.1, 0.15) is 6.92 Å². The van der Waals surface area contributed by atoms with E-state index in [4.69, 9.17) is 4.74 Å². The van der Waals surface area contributed by atoms with E-state index in [0.717, 1.165) is 10.9 Å². The summed E-state index contributed by atoms with van der Waals surface area (Å²) in [6, 6.07) is 7.74. The maximum atomic E-state index is 11.2. The first-order valence-electron chi connectivity index (χ1n) is 4.87. The number of fused-ring (bicyclic) bond motifs is 1. The first kappa shape index (κ1) is 9.71. The molecule has 1 aromatic carbocycles. The fourth-order valence-electron chi connectivity index (χ4n) is 1.44. The maximum Gasteiger partial charge on any atom is 0.327 e. The number of rotatable bonds is 3. The highest BCUT2D eigenvalue weighted by Crippen LogP contribution is 2.10. The summed E-state index contributed by atoms with van der Waals surface area (Å²) in [6.45, 7) is 2.36. The van der Waals surface area contributed by atoms with Crippen molar-refractivity contribution in [2.24, 2.45) is 0 Å². The lowest BCUT2D eigenvalue weighted by Crippen LogP contribution is -2.13. The van der Waals surface area contributed by atoms with E-state index in [1.807, 2.05) is 30.5 Å². The molecule has 0 atom stereocenters. The topological polar surface area (TPSA) is 44.1 Å². The van der Waals surface area contributed by atoms with Gasteiger partial charge < -0.3 is 4.74 Å². The molecule has 0 saturated carbocycles. The van der Waals surface area contributed by atoms with Crippen LogP contribution in [0.15, 0.2) is 30.5 Å². The second-order valence-electron chi connectivity index (χ2n) is 3.19. The molecule has 0 radical (unpaired) electrons. The largest absolute Gasteiger partial charge is 0.465 e. The van der Waals surface area contributed by atoms with Gasteiger partial charge in [0.05, 0.1) is 12.1 Å². The summed E-state index contributed by atoms with van der Waals surface area (Å²) in [5.41, 5.74) is 0.891. The van der Waals surface area contributed by atoms with Gasteiger partial charge >= 0.3 is 5.97 Å². The minimum atomic E-state index is -0.259. The highest BCUT2D eigenvalue weighted by Gasteiger charge is 2.05. The number of carbonyl (C=O) groups is 1. The van der Waals surface area contributed by atoms with E-state index in [-0.39, 0.29) is 12.5 Å². The molecule has 4 heteroatoms. The molecule has 1 aromatic heterocycles. The Balaban J connectivity index is 2.18. The number of hydrogen-bond acceptors (Lipinski definition) is 3. The molecule has 0 saturated heterocycles. The van der Waals surface area contributed by atoms with Crippen molar-refractivity contribution in [2.45, 2.75) is 13.5 Å². The van der Waals surface area contributed by atoms with Crippen LogP contribution in [0.3, 0.4) is 0 Å². The van der Waals surface area contributed by atoms with Gasteiger partial charge in [-0.05, 0) is 13.0 Å². The Hall–Kier alpha value is -1.84. The zero-order valence-electron chi connectivity index (χ0n) is 8.51. The highest BCUT2D eigenvalue weighted by atomic mass is 16.5. The predicted molar refractivity (Wildman–Crippen MR) is 56.4 cm³/mol. The zero-order valence-corrected chi connectivity index (χ0v) is 8.51. The molecule has 2 rings (SSSR count). The molecule has 4 nitrogen and oxygen atoms in total. The lowest BCUT2D eigenvalue weighted by Gasteiger charge is -2.00. The third kappa shape index (κ3) is 2.15. The molecule has 0 N–H and O–H groups in total. The quantitative estimate of drug-likeness (QED) is 0.713. The fraction of sp³-hybridized carbons (Fsp3) is 0.273. The summed E-state index contributed by atoms with van der Waals surface area (Å²) < 4.78 is 6.44. The minimum Gasteiger partial charge on any atom is -0.465 e. The molecule has 0 bridgehead atoms. The van der Waals surface area contributed by atoms with Crippen LogP contribution >= 0.6 is 0 Å². The van der Waals surface area contributed by atoms with Crippen LogP contribution in [0, 0.1) is 0 Å². The van der Waals surface area contributed by atoms with Gasteiger partial charge in [0.15, 0.2) is 0 Å².